The first kappa shape index (κ1) is 6.68. The number of hydrogen-bond donors (Lipinski definition) is 0. The lowest BCUT2D eigenvalue weighted by atomic mass is 10.3. The van der Waals surface area contributed by atoms with E-state index in [1.807, 2.05) is 29.8 Å². The monoisotopic (exact) mass is 166 g/mol. The Morgan fingerprint density at radius 2 is 2.27 bits per heavy atom. The second-order valence-corrected chi connectivity index (χ2v) is 2.87. The number of rotatable bonds is 0. The van der Waals surface area contributed by atoms with Crippen LogP contribution in [-0.2, 0) is 7.05 Å². The Balaban J connectivity index is 2.94. The molecule has 3 heteroatoms. The SMILES string of the molecule is Cn1cnc2c(Cl)cccc21. The molecule has 2 nitrogen and oxygen atoms in total. The predicted octanol–water partition coefficient (Wildman–Crippen LogP) is 2.23. The molecule has 0 fully saturated rings. The Kier molecular flexibility index (Phi) is 1.36. The lowest BCUT2D eigenvalue weighted by molar-refractivity contribution is 0.948. The quantitative estimate of drug-likeness (QED) is 0.587. The van der Waals surface area contributed by atoms with Crippen molar-refractivity contribution < 1.29 is 0 Å². The maximum Gasteiger partial charge on any atom is 0.107 e. The molecule has 11 heavy (non-hydrogen) atoms. The summed E-state index contributed by atoms with van der Waals surface area (Å²) in [6, 6.07) is 5.76. The molecule has 0 atom stereocenters. The van der Waals surface area contributed by atoms with E-state index in [0.717, 1.165) is 11.0 Å². The van der Waals surface area contributed by atoms with Crippen molar-refractivity contribution in [3.63, 3.8) is 0 Å². The molecule has 1 aromatic heterocycles. The topological polar surface area (TPSA) is 17.8 Å². The van der Waals surface area contributed by atoms with Gasteiger partial charge < -0.3 is 4.57 Å². The molecular weight excluding hydrogens is 160 g/mol. The minimum atomic E-state index is 0.711. The predicted molar refractivity (Wildman–Crippen MR) is 45.7 cm³/mol. The lowest BCUT2D eigenvalue weighted by Crippen LogP contribution is -1.82. The van der Waals surface area contributed by atoms with E-state index in [1.165, 1.54) is 0 Å². The van der Waals surface area contributed by atoms with E-state index < -0.39 is 0 Å². The fraction of sp³-hybridized carbons (Fsp3) is 0.125. The van der Waals surface area contributed by atoms with Crippen molar-refractivity contribution in [2.45, 2.75) is 0 Å². The molecule has 0 bridgehead atoms. The molecule has 0 spiro atoms. The van der Waals surface area contributed by atoms with Crippen molar-refractivity contribution in [1.29, 1.82) is 0 Å². The lowest BCUT2D eigenvalue weighted by Gasteiger charge is -1.93. The van der Waals surface area contributed by atoms with Crippen LogP contribution >= 0.6 is 11.6 Å². The molecule has 56 valence electrons. The molecule has 0 aliphatic rings. The number of para-hydroxylation sites is 1. The van der Waals surface area contributed by atoms with E-state index in [4.69, 9.17) is 11.6 Å². The van der Waals surface area contributed by atoms with E-state index in [9.17, 15) is 0 Å². The number of fused-ring (bicyclic) bond motifs is 1. The van der Waals surface area contributed by atoms with Crippen LogP contribution in [0.2, 0.25) is 5.02 Å². The normalized spacial score (nSPS) is 10.7. The maximum absolute atomic E-state index is 5.89. The molecule has 0 aliphatic heterocycles. The van der Waals surface area contributed by atoms with Crippen LogP contribution < -0.4 is 0 Å². The first-order valence-electron chi connectivity index (χ1n) is 3.34. The molecule has 2 rings (SSSR count). The van der Waals surface area contributed by atoms with Crippen molar-refractivity contribution in [1.82, 2.24) is 9.55 Å². The van der Waals surface area contributed by atoms with Crippen molar-refractivity contribution in [2.24, 2.45) is 7.05 Å². The van der Waals surface area contributed by atoms with Gasteiger partial charge in [-0.2, -0.15) is 0 Å². The Morgan fingerprint density at radius 1 is 1.45 bits per heavy atom. The van der Waals surface area contributed by atoms with Gasteiger partial charge in [0.1, 0.15) is 5.52 Å². The van der Waals surface area contributed by atoms with Crippen molar-refractivity contribution in [3.05, 3.63) is 29.5 Å². The second-order valence-electron chi connectivity index (χ2n) is 2.46. The summed E-state index contributed by atoms with van der Waals surface area (Å²) in [6.45, 7) is 0. The highest BCUT2D eigenvalue weighted by atomic mass is 35.5. The summed E-state index contributed by atoms with van der Waals surface area (Å²) in [4.78, 5) is 4.15. The standard InChI is InChI=1S/C8H7ClN2/c1-11-5-10-8-6(9)3-2-4-7(8)11/h2-5H,1H3. The molecule has 0 radical (unpaired) electrons. The summed E-state index contributed by atoms with van der Waals surface area (Å²) in [5.41, 5.74) is 1.94. The summed E-state index contributed by atoms with van der Waals surface area (Å²) in [6.07, 6.45) is 1.76. The number of hydrogen-bond acceptors (Lipinski definition) is 1. The van der Waals surface area contributed by atoms with E-state index in [0.29, 0.717) is 5.02 Å². The molecule has 1 aromatic carbocycles. The third-order valence-corrected chi connectivity index (χ3v) is 2.01. The fourth-order valence-corrected chi connectivity index (χ4v) is 1.34. The maximum atomic E-state index is 5.89. The molecule has 2 aromatic rings. The third kappa shape index (κ3) is 0.906. The van der Waals surface area contributed by atoms with Crippen molar-refractivity contribution in [3.8, 4) is 0 Å². The molecule has 0 saturated carbocycles. The Hall–Kier alpha value is -1.02. The van der Waals surface area contributed by atoms with Crippen LogP contribution in [0.4, 0.5) is 0 Å². The molecule has 0 amide bonds. The number of halogens is 1. The molecule has 0 aliphatic carbocycles. The van der Waals surface area contributed by atoms with Gasteiger partial charge >= 0.3 is 0 Å². The fourth-order valence-electron chi connectivity index (χ4n) is 1.12. The highest BCUT2D eigenvalue weighted by Gasteiger charge is 2.01. The zero-order valence-electron chi connectivity index (χ0n) is 6.08. The van der Waals surface area contributed by atoms with Gasteiger partial charge in [-0.15, -0.1) is 0 Å². The third-order valence-electron chi connectivity index (χ3n) is 1.71. The van der Waals surface area contributed by atoms with Gasteiger partial charge in [0.25, 0.3) is 0 Å². The van der Waals surface area contributed by atoms with Crippen LogP contribution in [0.1, 0.15) is 0 Å². The molecule has 0 N–H and O–H groups in total. The van der Waals surface area contributed by atoms with E-state index in [1.54, 1.807) is 6.33 Å². The van der Waals surface area contributed by atoms with Gasteiger partial charge in [0.2, 0.25) is 0 Å². The minimum Gasteiger partial charge on any atom is -0.334 e. The van der Waals surface area contributed by atoms with Crippen molar-refractivity contribution in [2.75, 3.05) is 0 Å². The van der Waals surface area contributed by atoms with Crippen LogP contribution in [0, 0.1) is 0 Å². The first-order valence-corrected chi connectivity index (χ1v) is 3.72. The first-order chi connectivity index (χ1) is 5.29. The second kappa shape index (κ2) is 2.24. The molecule has 0 saturated heterocycles. The number of aromatic nitrogens is 2. The summed E-state index contributed by atoms with van der Waals surface area (Å²) < 4.78 is 1.95. The zero-order chi connectivity index (χ0) is 7.84. The highest BCUT2D eigenvalue weighted by Crippen LogP contribution is 2.20. The van der Waals surface area contributed by atoms with Crippen LogP contribution in [-0.4, -0.2) is 9.55 Å². The zero-order valence-corrected chi connectivity index (χ0v) is 6.84. The van der Waals surface area contributed by atoms with E-state index in [2.05, 4.69) is 4.98 Å². The minimum absolute atomic E-state index is 0.711. The van der Waals surface area contributed by atoms with Crippen LogP contribution in [0.5, 0.6) is 0 Å². The number of nitrogens with zero attached hydrogens (tertiary/aromatic N) is 2. The van der Waals surface area contributed by atoms with Gasteiger partial charge in [-0.25, -0.2) is 4.98 Å². The van der Waals surface area contributed by atoms with Gasteiger partial charge in [0.05, 0.1) is 16.9 Å². The summed E-state index contributed by atoms with van der Waals surface area (Å²) in [5.74, 6) is 0. The Bertz CT molecular complexity index is 392. The van der Waals surface area contributed by atoms with Gasteiger partial charge in [-0.05, 0) is 12.1 Å². The van der Waals surface area contributed by atoms with Crippen LogP contribution in [0.15, 0.2) is 24.5 Å². The molecule has 1 heterocycles. The van der Waals surface area contributed by atoms with Crippen LogP contribution in [0.25, 0.3) is 11.0 Å². The average Bonchev–Trinajstić information content (AvgIpc) is 2.35. The number of aryl methyl sites for hydroxylation is 1. The molecular formula is C8H7ClN2. The van der Waals surface area contributed by atoms with Crippen LogP contribution in [0.3, 0.4) is 0 Å². The van der Waals surface area contributed by atoms with Crippen molar-refractivity contribution >= 4 is 22.6 Å². The van der Waals surface area contributed by atoms with Gasteiger partial charge in [-0.1, -0.05) is 17.7 Å². The van der Waals surface area contributed by atoms with E-state index >= 15 is 0 Å². The largest absolute Gasteiger partial charge is 0.334 e. The smallest absolute Gasteiger partial charge is 0.107 e. The summed E-state index contributed by atoms with van der Waals surface area (Å²) in [5, 5.41) is 0.711. The number of benzene rings is 1. The molecule has 0 unspecified atom stereocenters. The summed E-state index contributed by atoms with van der Waals surface area (Å²) in [7, 11) is 1.95. The highest BCUT2D eigenvalue weighted by molar-refractivity contribution is 6.34. The van der Waals surface area contributed by atoms with E-state index in [-0.39, 0.29) is 0 Å². The Morgan fingerprint density at radius 3 is 3.00 bits per heavy atom. The number of imidazole rings is 1. The van der Waals surface area contributed by atoms with Gasteiger partial charge in [-0.3, -0.25) is 0 Å². The average molecular weight is 167 g/mol. The van der Waals surface area contributed by atoms with Gasteiger partial charge in [0, 0.05) is 7.05 Å². The van der Waals surface area contributed by atoms with Gasteiger partial charge in [0.15, 0.2) is 0 Å². The summed E-state index contributed by atoms with van der Waals surface area (Å²) >= 11 is 5.89. The Labute approximate surface area is 69.4 Å².